The van der Waals surface area contributed by atoms with Crippen molar-refractivity contribution in [2.75, 3.05) is 19.7 Å². The second-order valence-electron chi connectivity index (χ2n) is 8.43. The van der Waals surface area contributed by atoms with E-state index >= 15 is 0 Å². The van der Waals surface area contributed by atoms with Crippen LogP contribution in [0.25, 0.3) is 5.69 Å². The molecule has 0 radical (unpaired) electrons. The molecule has 2 heterocycles. The minimum absolute atomic E-state index is 0.0860. The van der Waals surface area contributed by atoms with Gasteiger partial charge in [-0.05, 0) is 37.3 Å². The van der Waals surface area contributed by atoms with Crippen LogP contribution >= 0.6 is 0 Å². The highest BCUT2D eigenvalue weighted by Gasteiger charge is 2.40. The zero-order chi connectivity index (χ0) is 19.7. The van der Waals surface area contributed by atoms with Crippen LogP contribution in [-0.4, -0.2) is 50.9 Å². The minimum atomic E-state index is -0.159. The maximum absolute atomic E-state index is 13.2. The van der Waals surface area contributed by atoms with Crippen LogP contribution in [0.3, 0.4) is 0 Å². The van der Waals surface area contributed by atoms with Crippen LogP contribution in [0.1, 0.15) is 73.9 Å². The Morgan fingerprint density at radius 2 is 1.93 bits per heavy atom. The van der Waals surface area contributed by atoms with E-state index in [-0.39, 0.29) is 17.3 Å². The average molecular weight is 383 g/mol. The second-order valence-corrected chi connectivity index (χ2v) is 8.43. The van der Waals surface area contributed by atoms with Crippen LogP contribution in [0, 0.1) is 6.92 Å². The third kappa shape index (κ3) is 3.58. The molecule has 1 aliphatic carbocycles. The molecule has 2 aromatic rings. The first-order valence-electron chi connectivity index (χ1n) is 10.5. The van der Waals surface area contributed by atoms with Gasteiger partial charge in [-0.15, -0.1) is 5.10 Å². The normalized spacial score (nSPS) is 19.4. The van der Waals surface area contributed by atoms with Gasteiger partial charge in [-0.3, -0.25) is 4.79 Å². The van der Waals surface area contributed by atoms with Crippen molar-refractivity contribution in [1.29, 1.82) is 0 Å². The van der Waals surface area contributed by atoms with Crippen LogP contribution in [0.15, 0.2) is 24.3 Å². The minimum Gasteiger partial charge on any atom is -0.371 e. The standard InChI is InChI=1S/C22H30N4O2/c1-16(2)18-9-5-6-10-19(18)26-17(3)23-20(24-26)21(27)25-13-14-28-22(15-25)11-7-4-8-12-22/h5-6,9-10,16H,4,7-8,11-15H2,1-3H3. The van der Waals surface area contributed by atoms with Gasteiger partial charge < -0.3 is 9.64 Å². The number of para-hydroxylation sites is 1. The Hall–Kier alpha value is -2.21. The van der Waals surface area contributed by atoms with E-state index in [2.05, 4.69) is 30.0 Å². The molecule has 4 rings (SSSR count). The van der Waals surface area contributed by atoms with Gasteiger partial charge in [0.15, 0.2) is 0 Å². The Morgan fingerprint density at radius 1 is 1.18 bits per heavy atom. The zero-order valence-corrected chi connectivity index (χ0v) is 17.1. The van der Waals surface area contributed by atoms with Gasteiger partial charge in [0.1, 0.15) is 5.82 Å². The van der Waals surface area contributed by atoms with Gasteiger partial charge in [0.25, 0.3) is 5.91 Å². The van der Waals surface area contributed by atoms with Gasteiger partial charge >= 0.3 is 0 Å². The number of rotatable bonds is 3. The lowest BCUT2D eigenvalue weighted by atomic mass is 9.83. The number of carbonyl (C=O) groups is 1. The van der Waals surface area contributed by atoms with Crippen LogP contribution in [0.4, 0.5) is 0 Å². The SMILES string of the molecule is Cc1nc(C(=O)N2CCOC3(CCCCC3)C2)nn1-c1ccccc1C(C)C. The number of ether oxygens (including phenoxy) is 1. The summed E-state index contributed by atoms with van der Waals surface area (Å²) in [7, 11) is 0. The molecule has 1 saturated heterocycles. The van der Waals surface area contributed by atoms with Gasteiger partial charge in [-0.1, -0.05) is 51.3 Å². The summed E-state index contributed by atoms with van der Waals surface area (Å²) in [5, 5.41) is 4.61. The lowest BCUT2D eigenvalue weighted by molar-refractivity contribution is -0.118. The second kappa shape index (κ2) is 7.66. The van der Waals surface area contributed by atoms with Gasteiger partial charge in [-0.2, -0.15) is 0 Å². The predicted octanol–water partition coefficient (Wildman–Crippen LogP) is 3.87. The van der Waals surface area contributed by atoms with E-state index < -0.39 is 0 Å². The molecule has 1 spiro atoms. The van der Waals surface area contributed by atoms with Gasteiger partial charge in [0.2, 0.25) is 5.82 Å². The van der Waals surface area contributed by atoms with Crippen molar-refractivity contribution in [3.8, 4) is 5.69 Å². The third-order valence-corrected chi connectivity index (χ3v) is 6.05. The molecule has 0 atom stereocenters. The number of morpholine rings is 1. The summed E-state index contributed by atoms with van der Waals surface area (Å²) in [5.41, 5.74) is 2.03. The van der Waals surface area contributed by atoms with E-state index in [0.29, 0.717) is 25.6 Å². The number of nitrogens with zero attached hydrogens (tertiary/aromatic N) is 4. The topological polar surface area (TPSA) is 60.3 Å². The monoisotopic (exact) mass is 382 g/mol. The molecule has 0 bridgehead atoms. The fourth-order valence-corrected chi connectivity index (χ4v) is 4.54. The summed E-state index contributed by atoms with van der Waals surface area (Å²) in [6.07, 6.45) is 5.71. The van der Waals surface area contributed by atoms with Gasteiger partial charge in [0.05, 0.1) is 24.4 Å². The number of benzene rings is 1. The largest absolute Gasteiger partial charge is 0.371 e. The summed E-state index contributed by atoms with van der Waals surface area (Å²) in [4.78, 5) is 19.6. The van der Waals surface area contributed by atoms with E-state index in [4.69, 9.17) is 4.74 Å². The van der Waals surface area contributed by atoms with E-state index in [9.17, 15) is 4.79 Å². The Balaban J connectivity index is 1.59. The maximum Gasteiger partial charge on any atom is 0.293 e. The maximum atomic E-state index is 13.2. The van der Waals surface area contributed by atoms with Crippen LogP contribution in [0.5, 0.6) is 0 Å². The fourth-order valence-electron chi connectivity index (χ4n) is 4.54. The fraction of sp³-hybridized carbons (Fsp3) is 0.591. The van der Waals surface area contributed by atoms with E-state index in [0.717, 1.165) is 24.4 Å². The molecule has 2 fully saturated rings. The first-order chi connectivity index (χ1) is 13.5. The zero-order valence-electron chi connectivity index (χ0n) is 17.1. The summed E-state index contributed by atoms with van der Waals surface area (Å²) >= 11 is 0. The van der Waals surface area contributed by atoms with Crippen molar-refractivity contribution in [3.63, 3.8) is 0 Å². The van der Waals surface area contributed by atoms with E-state index in [1.807, 2.05) is 30.0 Å². The highest BCUT2D eigenvalue weighted by Crippen LogP contribution is 2.34. The highest BCUT2D eigenvalue weighted by molar-refractivity contribution is 5.90. The van der Waals surface area contributed by atoms with Crippen molar-refractivity contribution in [1.82, 2.24) is 19.7 Å². The lowest BCUT2D eigenvalue weighted by Crippen LogP contribution is -2.54. The number of aromatic nitrogens is 3. The molecule has 150 valence electrons. The molecule has 1 aromatic carbocycles. The number of aryl methyl sites for hydroxylation is 1. The lowest BCUT2D eigenvalue weighted by Gasteiger charge is -2.44. The van der Waals surface area contributed by atoms with Crippen molar-refractivity contribution >= 4 is 5.91 Å². The molecule has 1 aromatic heterocycles. The molecule has 0 unspecified atom stereocenters. The molecule has 6 heteroatoms. The van der Waals surface area contributed by atoms with E-state index in [1.54, 1.807) is 4.68 Å². The molecule has 0 N–H and O–H groups in total. The molecule has 6 nitrogen and oxygen atoms in total. The van der Waals surface area contributed by atoms with E-state index in [1.165, 1.54) is 24.8 Å². The molecular formula is C22H30N4O2. The molecule has 1 aliphatic heterocycles. The smallest absolute Gasteiger partial charge is 0.293 e. The number of hydrogen-bond acceptors (Lipinski definition) is 4. The predicted molar refractivity (Wildman–Crippen MR) is 108 cm³/mol. The van der Waals surface area contributed by atoms with Gasteiger partial charge in [-0.25, -0.2) is 9.67 Å². The molecule has 2 aliphatic rings. The molecule has 28 heavy (non-hydrogen) atoms. The third-order valence-electron chi connectivity index (χ3n) is 6.05. The Morgan fingerprint density at radius 3 is 2.68 bits per heavy atom. The molecule has 1 amide bonds. The highest BCUT2D eigenvalue weighted by atomic mass is 16.5. The Bertz CT molecular complexity index is 846. The molecular weight excluding hydrogens is 352 g/mol. The summed E-state index contributed by atoms with van der Waals surface area (Å²) < 4.78 is 7.93. The van der Waals surface area contributed by atoms with Crippen molar-refractivity contribution in [3.05, 3.63) is 41.5 Å². The first-order valence-corrected chi connectivity index (χ1v) is 10.5. The first kappa shape index (κ1) is 19.1. The summed E-state index contributed by atoms with van der Waals surface area (Å²) in [6.45, 7) is 8.09. The number of hydrogen-bond donors (Lipinski definition) is 0. The van der Waals surface area contributed by atoms with Crippen molar-refractivity contribution in [2.45, 2.75) is 64.4 Å². The molecule has 1 saturated carbocycles. The van der Waals surface area contributed by atoms with Crippen molar-refractivity contribution in [2.24, 2.45) is 0 Å². The van der Waals surface area contributed by atoms with Crippen molar-refractivity contribution < 1.29 is 9.53 Å². The summed E-state index contributed by atoms with van der Waals surface area (Å²) in [6, 6.07) is 8.18. The van der Waals surface area contributed by atoms with Crippen LogP contribution in [0.2, 0.25) is 0 Å². The van der Waals surface area contributed by atoms with Crippen LogP contribution in [-0.2, 0) is 4.74 Å². The summed E-state index contributed by atoms with van der Waals surface area (Å²) in [5.74, 6) is 1.29. The quantitative estimate of drug-likeness (QED) is 0.808. The average Bonchev–Trinajstić information content (AvgIpc) is 3.09. The Kier molecular flexibility index (Phi) is 5.23. The van der Waals surface area contributed by atoms with Gasteiger partial charge in [0, 0.05) is 6.54 Å². The van der Waals surface area contributed by atoms with Crippen LogP contribution < -0.4 is 0 Å². The number of carbonyl (C=O) groups excluding carboxylic acids is 1. The number of amides is 1. The Labute approximate surface area is 166 Å².